The highest BCUT2D eigenvalue weighted by Crippen LogP contribution is 2.28. The fourth-order valence-corrected chi connectivity index (χ4v) is 2.68. The van der Waals surface area contributed by atoms with Crippen LogP contribution in [-0.2, 0) is 13.1 Å². The molecule has 0 bridgehead atoms. The minimum Gasteiger partial charge on any atom is -0.392 e. The van der Waals surface area contributed by atoms with Gasteiger partial charge in [-0.15, -0.1) is 0 Å². The Hall–Kier alpha value is -2.33. The van der Waals surface area contributed by atoms with E-state index in [4.69, 9.17) is 0 Å². The van der Waals surface area contributed by atoms with Gasteiger partial charge in [-0.3, -0.25) is 4.79 Å². The van der Waals surface area contributed by atoms with Crippen LogP contribution in [-0.4, -0.2) is 23.7 Å². The molecule has 0 aliphatic carbocycles. The lowest BCUT2D eigenvalue weighted by Gasteiger charge is -2.18. The number of aliphatic hydroxyl groups excluding tert-OH is 1. The number of carbonyl (C=O) groups excluding carboxylic acids is 1. The van der Waals surface area contributed by atoms with Crippen molar-refractivity contribution in [2.24, 2.45) is 0 Å². The summed E-state index contributed by atoms with van der Waals surface area (Å²) in [4.78, 5) is 14.2. The zero-order valence-corrected chi connectivity index (χ0v) is 12.6. The highest BCUT2D eigenvalue weighted by Gasteiger charge is 2.18. The van der Waals surface area contributed by atoms with Gasteiger partial charge in [0.25, 0.3) is 5.91 Å². The zero-order chi connectivity index (χ0) is 15.5. The molecule has 114 valence electrons. The van der Waals surface area contributed by atoms with Crippen LogP contribution < -0.4 is 10.2 Å². The van der Waals surface area contributed by atoms with E-state index in [1.54, 1.807) is 6.92 Å². The summed E-state index contributed by atoms with van der Waals surface area (Å²) in [5.74, 6) is -0.155. The maximum Gasteiger partial charge on any atom is 0.251 e. The SMILES string of the molecule is CC(O)CNC(=O)c1ccc(N2Cc3ccccc3C2)cc1. The van der Waals surface area contributed by atoms with Crippen molar-refractivity contribution in [1.29, 1.82) is 0 Å². The van der Waals surface area contributed by atoms with E-state index < -0.39 is 6.10 Å². The van der Waals surface area contributed by atoms with Gasteiger partial charge in [0.2, 0.25) is 0 Å². The van der Waals surface area contributed by atoms with Crippen LogP contribution in [0.4, 0.5) is 5.69 Å². The predicted octanol–water partition coefficient (Wildman–Crippen LogP) is 2.32. The Morgan fingerprint density at radius 3 is 2.27 bits per heavy atom. The van der Waals surface area contributed by atoms with Crippen molar-refractivity contribution < 1.29 is 9.90 Å². The molecule has 0 spiro atoms. The average Bonchev–Trinajstić information content (AvgIpc) is 2.96. The van der Waals surface area contributed by atoms with Crippen molar-refractivity contribution in [1.82, 2.24) is 5.32 Å². The summed E-state index contributed by atoms with van der Waals surface area (Å²) < 4.78 is 0. The Morgan fingerprint density at radius 2 is 1.73 bits per heavy atom. The van der Waals surface area contributed by atoms with Gasteiger partial charge in [-0.2, -0.15) is 0 Å². The minimum atomic E-state index is -0.536. The number of carbonyl (C=O) groups is 1. The lowest BCUT2D eigenvalue weighted by molar-refractivity contribution is 0.0924. The maximum atomic E-state index is 11.9. The molecule has 1 unspecified atom stereocenters. The molecular weight excluding hydrogens is 276 g/mol. The normalized spacial score (nSPS) is 14.5. The van der Waals surface area contributed by atoms with E-state index in [9.17, 15) is 9.90 Å². The Morgan fingerprint density at radius 1 is 1.14 bits per heavy atom. The van der Waals surface area contributed by atoms with Crippen LogP contribution in [0, 0.1) is 0 Å². The van der Waals surface area contributed by atoms with Gasteiger partial charge in [-0.05, 0) is 42.3 Å². The van der Waals surface area contributed by atoms with Crippen LogP contribution in [0.1, 0.15) is 28.4 Å². The molecule has 2 aromatic carbocycles. The maximum absolute atomic E-state index is 11.9. The number of amides is 1. The summed E-state index contributed by atoms with van der Waals surface area (Å²) in [7, 11) is 0. The van der Waals surface area contributed by atoms with Crippen LogP contribution in [0.2, 0.25) is 0 Å². The summed E-state index contributed by atoms with van der Waals surface area (Å²) in [6.07, 6.45) is -0.536. The van der Waals surface area contributed by atoms with Crippen molar-refractivity contribution in [3.8, 4) is 0 Å². The lowest BCUT2D eigenvalue weighted by Crippen LogP contribution is -2.30. The van der Waals surface area contributed by atoms with E-state index in [0.717, 1.165) is 18.8 Å². The first-order valence-electron chi connectivity index (χ1n) is 7.51. The molecule has 4 heteroatoms. The molecule has 4 nitrogen and oxygen atoms in total. The van der Waals surface area contributed by atoms with Gasteiger partial charge in [0.15, 0.2) is 0 Å². The number of anilines is 1. The van der Waals surface area contributed by atoms with E-state index in [1.165, 1.54) is 11.1 Å². The topological polar surface area (TPSA) is 52.6 Å². The zero-order valence-electron chi connectivity index (χ0n) is 12.6. The highest BCUT2D eigenvalue weighted by atomic mass is 16.3. The van der Waals surface area contributed by atoms with Crippen LogP contribution in [0.15, 0.2) is 48.5 Å². The molecule has 0 saturated heterocycles. The van der Waals surface area contributed by atoms with Gasteiger partial charge < -0.3 is 15.3 Å². The Kier molecular flexibility index (Phi) is 4.11. The van der Waals surface area contributed by atoms with E-state index in [0.29, 0.717) is 5.56 Å². The van der Waals surface area contributed by atoms with Gasteiger partial charge in [0, 0.05) is 30.9 Å². The fourth-order valence-electron chi connectivity index (χ4n) is 2.68. The molecule has 1 atom stereocenters. The van der Waals surface area contributed by atoms with E-state index in [1.807, 2.05) is 24.3 Å². The molecule has 0 aromatic heterocycles. The second kappa shape index (κ2) is 6.20. The molecule has 1 aliphatic heterocycles. The van der Waals surface area contributed by atoms with Crippen molar-refractivity contribution >= 4 is 11.6 Å². The molecule has 2 N–H and O–H groups in total. The molecule has 22 heavy (non-hydrogen) atoms. The van der Waals surface area contributed by atoms with E-state index >= 15 is 0 Å². The average molecular weight is 296 g/mol. The van der Waals surface area contributed by atoms with Crippen LogP contribution in [0.25, 0.3) is 0 Å². The third-order valence-electron chi connectivity index (χ3n) is 3.89. The molecule has 1 heterocycles. The monoisotopic (exact) mass is 296 g/mol. The second-order valence-corrected chi connectivity index (χ2v) is 5.73. The first-order valence-corrected chi connectivity index (χ1v) is 7.51. The van der Waals surface area contributed by atoms with E-state index in [-0.39, 0.29) is 12.5 Å². The van der Waals surface area contributed by atoms with Crippen LogP contribution >= 0.6 is 0 Å². The molecule has 3 rings (SSSR count). The third-order valence-corrected chi connectivity index (χ3v) is 3.89. The van der Waals surface area contributed by atoms with Gasteiger partial charge in [-0.25, -0.2) is 0 Å². The van der Waals surface area contributed by atoms with Crippen molar-refractivity contribution in [3.63, 3.8) is 0 Å². The highest BCUT2D eigenvalue weighted by molar-refractivity contribution is 5.94. The summed E-state index contributed by atoms with van der Waals surface area (Å²) >= 11 is 0. The summed E-state index contributed by atoms with van der Waals surface area (Å²) in [6, 6.07) is 16.1. The molecule has 0 saturated carbocycles. The molecular formula is C18H20N2O2. The Balaban J connectivity index is 1.67. The van der Waals surface area contributed by atoms with Gasteiger partial charge >= 0.3 is 0 Å². The number of aliphatic hydroxyl groups is 1. The number of fused-ring (bicyclic) bond motifs is 1. The summed E-state index contributed by atoms with van der Waals surface area (Å²) in [5.41, 5.74) is 4.45. The number of nitrogens with one attached hydrogen (secondary N) is 1. The Labute approximate surface area is 130 Å². The second-order valence-electron chi connectivity index (χ2n) is 5.73. The predicted molar refractivity (Wildman–Crippen MR) is 86.8 cm³/mol. The lowest BCUT2D eigenvalue weighted by atomic mass is 10.1. The minimum absolute atomic E-state index is 0.155. The fraction of sp³-hybridized carbons (Fsp3) is 0.278. The third kappa shape index (κ3) is 3.12. The van der Waals surface area contributed by atoms with E-state index in [2.05, 4.69) is 34.5 Å². The number of rotatable bonds is 4. The van der Waals surface area contributed by atoms with Gasteiger partial charge in [-0.1, -0.05) is 24.3 Å². The summed E-state index contributed by atoms with van der Waals surface area (Å²) in [5, 5.41) is 11.9. The largest absolute Gasteiger partial charge is 0.392 e. The molecule has 2 aromatic rings. The quantitative estimate of drug-likeness (QED) is 0.910. The standard InChI is InChI=1S/C18H20N2O2/c1-13(21)10-19-18(22)14-6-8-17(9-7-14)20-11-15-4-2-3-5-16(15)12-20/h2-9,13,21H,10-12H2,1H3,(H,19,22). The first-order chi connectivity index (χ1) is 10.6. The number of hydrogen-bond donors (Lipinski definition) is 2. The summed E-state index contributed by atoms with van der Waals surface area (Å²) in [6.45, 7) is 3.73. The first kappa shape index (κ1) is 14.6. The van der Waals surface area contributed by atoms with Crippen LogP contribution in [0.3, 0.4) is 0 Å². The molecule has 1 aliphatic rings. The van der Waals surface area contributed by atoms with Crippen molar-refractivity contribution in [2.75, 3.05) is 11.4 Å². The smallest absolute Gasteiger partial charge is 0.251 e. The molecule has 1 amide bonds. The van der Waals surface area contributed by atoms with Crippen molar-refractivity contribution in [3.05, 3.63) is 65.2 Å². The molecule has 0 fully saturated rings. The van der Waals surface area contributed by atoms with Gasteiger partial charge in [0.05, 0.1) is 6.10 Å². The number of benzene rings is 2. The van der Waals surface area contributed by atoms with Crippen LogP contribution in [0.5, 0.6) is 0 Å². The Bertz CT molecular complexity index is 640. The number of hydrogen-bond acceptors (Lipinski definition) is 3. The van der Waals surface area contributed by atoms with Gasteiger partial charge in [0.1, 0.15) is 0 Å². The van der Waals surface area contributed by atoms with Crippen molar-refractivity contribution in [2.45, 2.75) is 26.1 Å². The molecule has 0 radical (unpaired) electrons. The number of nitrogens with zero attached hydrogens (tertiary/aromatic N) is 1.